The fraction of sp³-hybridized carbons (Fsp3) is 0.667. The highest BCUT2D eigenvalue weighted by Crippen LogP contribution is 2.25. The molecule has 2 heterocycles. The first-order valence-corrected chi connectivity index (χ1v) is 10.4. The Bertz CT molecular complexity index is 585. The van der Waals surface area contributed by atoms with Crippen LogP contribution in [0, 0.1) is 0 Å². The van der Waals surface area contributed by atoms with Crippen molar-refractivity contribution in [2.45, 2.75) is 63.1 Å². The van der Waals surface area contributed by atoms with E-state index in [0.717, 1.165) is 56.9 Å². The van der Waals surface area contributed by atoms with Crippen LogP contribution in [0.1, 0.15) is 44.3 Å². The van der Waals surface area contributed by atoms with Crippen LogP contribution in [0.5, 0.6) is 0 Å². The molecule has 1 aliphatic heterocycles. The molecule has 2 fully saturated rings. The Labute approximate surface area is 185 Å². The monoisotopic (exact) mass is 502 g/mol. The fourth-order valence-electron chi connectivity index (χ4n) is 4.14. The van der Waals surface area contributed by atoms with E-state index < -0.39 is 0 Å². The highest BCUT2D eigenvalue weighted by atomic mass is 127. The summed E-state index contributed by atoms with van der Waals surface area (Å²) in [5, 5.41) is 17.2. The first-order chi connectivity index (χ1) is 13.3. The van der Waals surface area contributed by atoms with Gasteiger partial charge in [0.15, 0.2) is 5.96 Å². The quantitative estimate of drug-likeness (QED) is 0.232. The van der Waals surface area contributed by atoms with Gasteiger partial charge in [-0.05, 0) is 37.8 Å². The molecule has 2 atom stereocenters. The predicted octanol–water partition coefficient (Wildman–Crippen LogP) is 2.93. The van der Waals surface area contributed by atoms with Crippen molar-refractivity contribution in [3.05, 3.63) is 36.8 Å². The second-order valence-corrected chi connectivity index (χ2v) is 7.60. The smallest absolute Gasteiger partial charge is 0.191 e. The highest BCUT2D eigenvalue weighted by molar-refractivity contribution is 14.0. The number of piperidine rings is 1. The number of hydrogen-bond donors (Lipinski definition) is 3. The van der Waals surface area contributed by atoms with Crippen molar-refractivity contribution in [2.24, 2.45) is 4.99 Å². The third-order valence-electron chi connectivity index (χ3n) is 5.66. The Balaban J connectivity index is 0.00000280. The highest BCUT2D eigenvalue weighted by Gasteiger charge is 2.31. The molecule has 3 N–H and O–H groups in total. The number of hydrogen-bond acceptors (Lipinski definition) is 4. The van der Waals surface area contributed by atoms with Crippen LogP contribution >= 0.6 is 24.0 Å². The zero-order valence-electron chi connectivity index (χ0n) is 16.7. The third kappa shape index (κ3) is 7.08. The number of guanidine groups is 1. The molecule has 0 amide bonds. The van der Waals surface area contributed by atoms with Crippen LogP contribution in [-0.4, -0.2) is 60.3 Å². The summed E-state index contributed by atoms with van der Waals surface area (Å²) in [4.78, 5) is 7.18. The van der Waals surface area contributed by atoms with E-state index in [1.54, 1.807) is 6.26 Å². The Morgan fingerprint density at radius 3 is 2.75 bits per heavy atom. The lowest BCUT2D eigenvalue weighted by molar-refractivity contribution is 0.00811. The number of aliphatic hydroxyl groups is 1. The minimum atomic E-state index is -0.142. The number of nitrogens with one attached hydrogen (secondary N) is 2. The molecule has 3 rings (SSSR count). The molecular weight excluding hydrogens is 467 g/mol. The lowest BCUT2D eigenvalue weighted by atomic mass is 9.89. The molecule has 28 heavy (non-hydrogen) atoms. The summed E-state index contributed by atoms with van der Waals surface area (Å²) in [6, 6.07) is 4.67. The zero-order chi connectivity index (χ0) is 18.9. The summed E-state index contributed by atoms with van der Waals surface area (Å²) in [5.41, 5.74) is 0. The van der Waals surface area contributed by atoms with Gasteiger partial charge in [0.2, 0.25) is 0 Å². The molecule has 1 aliphatic carbocycles. The van der Waals surface area contributed by atoms with E-state index in [1.807, 2.05) is 18.2 Å². The minimum Gasteiger partial charge on any atom is -0.469 e. The lowest BCUT2D eigenvalue weighted by Gasteiger charge is -2.41. The average molecular weight is 502 g/mol. The topological polar surface area (TPSA) is 73.0 Å². The fourth-order valence-corrected chi connectivity index (χ4v) is 4.14. The van der Waals surface area contributed by atoms with Crippen molar-refractivity contribution in [1.29, 1.82) is 0 Å². The van der Waals surface area contributed by atoms with Gasteiger partial charge in [0.1, 0.15) is 5.76 Å². The van der Waals surface area contributed by atoms with Gasteiger partial charge in [-0.25, -0.2) is 0 Å². The van der Waals surface area contributed by atoms with Gasteiger partial charge >= 0.3 is 0 Å². The number of furan rings is 1. The number of aliphatic hydroxyl groups excluding tert-OH is 1. The first kappa shape index (κ1) is 23.2. The van der Waals surface area contributed by atoms with Crippen LogP contribution < -0.4 is 10.6 Å². The van der Waals surface area contributed by atoms with Crippen molar-refractivity contribution >= 4 is 29.9 Å². The normalized spacial score (nSPS) is 24.4. The maximum absolute atomic E-state index is 10.3. The van der Waals surface area contributed by atoms with Crippen molar-refractivity contribution in [3.8, 4) is 0 Å². The van der Waals surface area contributed by atoms with Crippen LogP contribution in [0.2, 0.25) is 0 Å². The molecule has 2 unspecified atom stereocenters. The minimum absolute atomic E-state index is 0. The molecule has 7 heteroatoms. The van der Waals surface area contributed by atoms with Crippen LogP contribution in [0.15, 0.2) is 40.5 Å². The van der Waals surface area contributed by atoms with E-state index >= 15 is 0 Å². The number of aliphatic imine (C=N–C) groups is 1. The molecule has 1 aromatic rings. The Morgan fingerprint density at radius 1 is 1.29 bits per heavy atom. The molecule has 158 valence electrons. The van der Waals surface area contributed by atoms with E-state index in [4.69, 9.17) is 4.42 Å². The van der Waals surface area contributed by atoms with Gasteiger partial charge in [-0.3, -0.25) is 9.89 Å². The van der Waals surface area contributed by atoms with Crippen molar-refractivity contribution in [1.82, 2.24) is 15.5 Å². The van der Waals surface area contributed by atoms with Crippen LogP contribution in [0.25, 0.3) is 0 Å². The van der Waals surface area contributed by atoms with Gasteiger partial charge in [0, 0.05) is 44.7 Å². The largest absolute Gasteiger partial charge is 0.469 e. The van der Waals surface area contributed by atoms with Crippen LogP contribution in [0.3, 0.4) is 0 Å². The molecule has 2 aliphatic rings. The molecule has 0 radical (unpaired) electrons. The third-order valence-corrected chi connectivity index (χ3v) is 5.66. The van der Waals surface area contributed by atoms with Gasteiger partial charge in [0.05, 0.1) is 12.4 Å². The van der Waals surface area contributed by atoms with Gasteiger partial charge in [-0.1, -0.05) is 18.9 Å². The Morgan fingerprint density at radius 2 is 2.07 bits per heavy atom. The Hall–Kier alpha value is -1.06. The average Bonchev–Trinajstić information content (AvgIpc) is 3.20. The lowest BCUT2D eigenvalue weighted by Crippen LogP contribution is -2.53. The summed E-state index contributed by atoms with van der Waals surface area (Å²) in [6.45, 7) is 7.24. The van der Waals surface area contributed by atoms with Crippen LogP contribution in [-0.2, 0) is 6.42 Å². The predicted molar refractivity (Wildman–Crippen MR) is 124 cm³/mol. The van der Waals surface area contributed by atoms with E-state index in [2.05, 4.69) is 27.1 Å². The summed E-state index contributed by atoms with van der Waals surface area (Å²) in [6.07, 6.45) is 10.9. The van der Waals surface area contributed by atoms with E-state index in [-0.39, 0.29) is 30.1 Å². The van der Waals surface area contributed by atoms with Crippen molar-refractivity contribution in [2.75, 3.05) is 26.2 Å². The van der Waals surface area contributed by atoms with E-state index in [9.17, 15) is 5.11 Å². The first-order valence-electron chi connectivity index (χ1n) is 10.4. The standard InChI is InChI=1S/C21H34N4O2.HI/c1-2-12-22-21(23-13-9-18-6-5-16-27-18)24-17-10-14-25(15-11-17)19-7-3-4-8-20(19)26;/h2,5-6,16-17,19-20,26H,1,3-4,7-15H2,(H2,22,23,24);1H. The van der Waals surface area contributed by atoms with E-state index in [1.165, 1.54) is 12.8 Å². The Kier molecular flexibility index (Phi) is 10.4. The maximum Gasteiger partial charge on any atom is 0.191 e. The number of halogens is 1. The van der Waals surface area contributed by atoms with Gasteiger partial charge in [0.25, 0.3) is 0 Å². The molecule has 1 aromatic heterocycles. The summed E-state index contributed by atoms with van der Waals surface area (Å²) in [7, 11) is 0. The molecule has 1 saturated carbocycles. The number of rotatable bonds is 7. The van der Waals surface area contributed by atoms with Gasteiger partial charge in [-0.2, -0.15) is 0 Å². The van der Waals surface area contributed by atoms with E-state index in [0.29, 0.717) is 25.2 Å². The molecule has 0 aromatic carbocycles. The molecule has 6 nitrogen and oxygen atoms in total. The maximum atomic E-state index is 10.3. The molecule has 0 bridgehead atoms. The summed E-state index contributed by atoms with van der Waals surface area (Å²) >= 11 is 0. The second-order valence-electron chi connectivity index (χ2n) is 7.60. The number of likely N-dealkylation sites (tertiary alicyclic amines) is 1. The van der Waals surface area contributed by atoms with Gasteiger partial charge in [-0.15, -0.1) is 30.6 Å². The summed E-state index contributed by atoms with van der Waals surface area (Å²) < 4.78 is 5.37. The molecule has 1 saturated heterocycles. The second kappa shape index (κ2) is 12.5. The van der Waals surface area contributed by atoms with Crippen molar-refractivity contribution in [3.63, 3.8) is 0 Å². The van der Waals surface area contributed by atoms with Crippen LogP contribution in [0.4, 0.5) is 0 Å². The summed E-state index contributed by atoms with van der Waals surface area (Å²) in [5.74, 6) is 1.80. The SMILES string of the molecule is C=CCNC(=NCCc1ccco1)NC1CCN(C2CCCCC2O)CC1.I. The van der Waals surface area contributed by atoms with Gasteiger partial charge < -0.3 is 20.2 Å². The molecular formula is C21H35IN4O2. The number of nitrogens with zero attached hydrogens (tertiary/aromatic N) is 2. The molecule has 0 spiro atoms. The van der Waals surface area contributed by atoms with Crippen molar-refractivity contribution < 1.29 is 9.52 Å². The zero-order valence-corrected chi connectivity index (χ0v) is 19.0.